The first kappa shape index (κ1) is 18.1. The number of amides is 1. The quantitative estimate of drug-likeness (QED) is 0.644. The van der Waals surface area contributed by atoms with Crippen LogP contribution in [0.4, 0.5) is 4.39 Å². The Labute approximate surface area is 159 Å². The third kappa shape index (κ3) is 3.33. The van der Waals surface area contributed by atoms with Crippen LogP contribution in [0.3, 0.4) is 0 Å². The molecule has 0 bridgehead atoms. The minimum Gasteiger partial charge on any atom is -0.470 e. The summed E-state index contributed by atoms with van der Waals surface area (Å²) in [5.41, 5.74) is 0.00526. The smallest absolute Gasteiger partial charge is 0.349 e. The van der Waals surface area contributed by atoms with Crippen molar-refractivity contribution in [1.82, 2.24) is 14.9 Å². The molecule has 0 aliphatic carbocycles. The molecule has 0 spiro atoms. The lowest BCUT2D eigenvalue weighted by Crippen LogP contribution is -2.34. The molecule has 4 rings (SSSR count). The number of halogens is 1. The first-order valence-corrected chi connectivity index (χ1v) is 9.05. The summed E-state index contributed by atoms with van der Waals surface area (Å²) in [4.78, 5) is 34.2. The van der Waals surface area contributed by atoms with Crippen LogP contribution in [0.2, 0.25) is 0 Å². The number of carbonyl (C=O) groups excluding carboxylic acids is 1. The van der Waals surface area contributed by atoms with Crippen LogP contribution in [-0.2, 0) is 6.42 Å². The largest absolute Gasteiger partial charge is 0.470 e. The average molecular weight is 383 g/mol. The summed E-state index contributed by atoms with van der Waals surface area (Å²) in [6, 6.07) is 8.54. The minimum atomic E-state index is -0.678. The van der Waals surface area contributed by atoms with E-state index in [1.54, 1.807) is 31.2 Å². The van der Waals surface area contributed by atoms with E-state index in [4.69, 9.17) is 9.15 Å². The molecule has 28 heavy (non-hydrogen) atoms. The highest BCUT2D eigenvalue weighted by molar-refractivity contribution is 5.96. The number of aromatic nitrogens is 2. The van der Waals surface area contributed by atoms with Crippen molar-refractivity contribution < 1.29 is 18.3 Å². The first-order valence-electron chi connectivity index (χ1n) is 9.05. The maximum atomic E-state index is 14.3. The zero-order valence-corrected chi connectivity index (χ0v) is 15.2. The van der Waals surface area contributed by atoms with Gasteiger partial charge < -0.3 is 14.1 Å². The molecule has 144 valence electrons. The van der Waals surface area contributed by atoms with Gasteiger partial charge in [0.15, 0.2) is 0 Å². The van der Waals surface area contributed by atoms with E-state index >= 15 is 0 Å². The predicted octanol–water partition coefficient (Wildman–Crippen LogP) is 2.58. The molecule has 1 saturated heterocycles. The predicted molar refractivity (Wildman–Crippen MR) is 98.8 cm³/mol. The molecule has 0 N–H and O–H groups in total. The van der Waals surface area contributed by atoms with Crippen LogP contribution in [0.5, 0.6) is 5.88 Å². The van der Waals surface area contributed by atoms with Gasteiger partial charge in [-0.1, -0.05) is 25.1 Å². The summed E-state index contributed by atoms with van der Waals surface area (Å²) < 4.78 is 25.1. The number of hydrogen-bond acceptors (Lipinski definition) is 6. The number of benzene rings is 1. The van der Waals surface area contributed by atoms with Crippen molar-refractivity contribution in [2.75, 3.05) is 13.1 Å². The minimum absolute atomic E-state index is 0.0270. The highest BCUT2D eigenvalue weighted by Gasteiger charge is 2.31. The highest BCUT2D eigenvalue weighted by Crippen LogP contribution is 2.22. The number of ether oxygens (including phenoxy) is 1. The lowest BCUT2D eigenvalue weighted by molar-refractivity contribution is 0.0766. The first-order chi connectivity index (χ1) is 13.6. The van der Waals surface area contributed by atoms with Crippen molar-refractivity contribution in [2.24, 2.45) is 0 Å². The molecule has 1 aliphatic rings. The van der Waals surface area contributed by atoms with Crippen LogP contribution in [0.15, 0.2) is 45.9 Å². The molecule has 1 amide bonds. The Morgan fingerprint density at radius 1 is 1.36 bits per heavy atom. The standard InChI is InChI=1S/C20H18FN3O4/c1-2-15-17(21)18(23-11-22-15)27-13-7-8-24(10-13)19(25)14-9-12-5-3-4-6-16(12)28-20(14)26/h3-6,9,11,13H,2,7-8,10H2,1H3. The second-order valence-corrected chi connectivity index (χ2v) is 6.56. The maximum absolute atomic E-state index is 14.3. The molecule has 1 aromatic carbocycles. The molecular weight excluding hydrogens is 365 g/mol. The van der Waals surface area contributed by atoms with Gasteiger partial charge in [0.05, 0.1) is 12.2 Å². The molecule has 3 aromatic rings. The van der Waals surface area contributed by atoms with Gasteiger partial charge in [0, 0.05) is 18.4 Å². The highest BCUT2D eigenvalue weighted by atomic mass is 19.1. The number of aryl methyl sites for hydroxylation is 1. The Bertz CT molecular complexity index is 1100. The van der Waals surface area contributed by atoms with Gasteiger partial charge in [-0.15, -0.1) is 0 Å². The van der Waals surface area contributed by atoms with Crippen molar-refractivity contribution in [2.45, 2.75) is 25.9 Å². The van der Waals surface area contributed by atoms with Crippen LogP contribution >= 0.6 is 0 Å². The van der Waals surface area contributed by atoms with E-state index in [1.165, 1.54) is 17.3 Å². The van der Waals surface area contributed by atoms with Gasteiger partial charge in [-0.3, -0.25) is 4.79 Å². The number of hydrogen-bond donors (Lipinski definition) is 0. The SMILES string of the molecule is CCc1ncnc(OC2CCN(C(=O)c3cc4ccccc4oc3=O)C2)c1F. The molecule has 0 radical (unpaired) electrons. The Morgan fingerprint density at radius 3 is 3.00 bits per heavy atom. The Kier molecular flexibility index (Phi) is 4.77. The van der Waals surface area contributed by atoms with Crippen molar-refractivity contribution in [1.29, 1.82) is 0 Å². The third-order valence-electron chi connectivity index (χ3n) is 4.75. The van der Waals surface area contributed by atoms with E-state index < -0.39 is 23.5 Å². The Morgan fingerprint density at radius 2 is 2.18 bits per heavy atom. The van der Waals surface area contributed by atoms with Crippen LogP contribution in [0, 0.1) is 5.82 Å². The van der Waals surface area contributed by atoms with E-state index in [1.807, 2.05) is 0 Å². The average Bonchev–Trinajstić information content (AvgIpc) is 3.17. The van der Waals surface area contributed by atoms with Gasteiger partial charge in [0.25, 0.3) is 11.8 Å². The van der Waals surface area contributed by atoms with Gasteiger partial charge in [0.2, 0.25) is 5.82 Å². The van der Waals surface area contributed by atoms with E-state index in [0.717, 1.165) is 0 Å². The number of para-hydroxylation sites is 1. The number of likely N-dealkylation sites (tertiary alicyclic amines) is 1. The van der Waals surface area contributed by atoms with E-state index in [2.05, 4.69) is 9.97 Å². The van der Waals surface area contributed by atoms with Gasteiger partial charge in [-0.05, 0) is 18.6 Å². The van der Waals surface area contributed by atoms with Crippen LogP contribution in [0.1, 0.15) is 29.4 Å². The van der Waals surface area contributed by atoms with Crippen molar-refractivity contribution >= 4 is 16.9 Å². The molecule has 3 heterocycles. The fourth-order valence-electron chi connectivity index (χ4n) is 3.26. The summed E-state index contributed by atoms with van der Waals surface area (Å²) in [6.45, 7) is 2.42. The van der Waals surface area contributed by atoms with Crippen molar-refractivity contribution in [3.8, 4) is 5.88 Å². The summed E-state index contributed by atoms with van der Waals surface area (Å²) in [7, 11) is 0. The van der Waals surface area contributed by atoms with Gasteiger partial charge >= 0.3 is 5.63 Å². The van der Waals surface area contributed by atoms with Crippen LogP contribution in [0.25, 0.3) is 11.0 Å². The molecule has 0 saturated carbocycles. The molecule has 7 nitrogen and oxygen atoms in total. The second kappa shape index (κ2) is 7.38. The Hall–Kier alpha value is -3.29. The molecular formula is C20H18FN3O4. The summed E-state index contributed by atoms with van der Waals surface area (Å²) in [6.07, 6.45) is 1.79. The van der Waals surface area contributed by atoms with Crippen molar-refractivity contribution in [3.05, 3.63) is 64.2 Å². The fourth-order valence-corrected chi connectivity index (χ4v) is 3.26. The number of fused-ring (bicyclic) bond motifs is 1. The van der Waals surface area contributed by atoms with E-state index in [-0.39, 0.29) is 23.7 Å². The molecule has 1 fully saturated rings. The second-order valence-electron chi connectivity index (χ2n) is 6.56. The summed E-state index contributed by atoms with van der Waals surface area (Å²) in [5.74, 6) is -1.12. The molecule has 1 aliphatic heterocycles. The topological polar surface area (TPSA) is 85.5 Å². The van der Waals surface area contributed by atoms with Gasteiger partial charge in [-0.25, -0.2) is 9.78 Å². The lowest BCUT2D eigenvalue weighted by Gasteiger charge is -2.17. The fraction of sp³-hybridized carbons (Fsp3) is 0.300. The zero-order chi connectivity index (χ0) is 19.7. The van der Waals surface area contributed by atoms with E-state index in [9.17, 15) is 14.0 Å². The number of carbonyl (C=O) groups is 1. The maximum Gasteiger partial charge on any atom is 0.349 e. The monoisotopic (exact) mass is 383 g/mol. The molecule has 2 aromatic heterocycles. The molecule has 8 heteroatoms. The zero-order valence-electron chi connectivity index (χ0n) is 15.2. The number of rotatable bonds is 4. The summed E-state index contributed by atoms with van der Waals surface area (Å²) >= 11 is 0. The van der Waals surface area contributed by atoms with Gasteiger partial charge in [-0.2, -0.15) is 9.37 Å². The number of nitrogens with zero attached hydrogens (tertiary/aromatic N) is 3. The van der Waals surface area contributed by atoms with Crippen LogP contribution in [-0.4, -0.2) is 40.0 Å². The molecule has 1 unspecified atom stereocenters. The molecule has 1 atom stereocenters. The Balaban J connectivity index is 1.51. The van der Waals surface area contributed by atoms with Crippen molar-refractivity contribution in [3.63, 3.8) is 0 Å². The summed E-state index contributed by atoms with van der Waals surface area (Å²) in [5, 5.41) is 0.674. The van der Waals surface area contributed by atoms with Gasteiger partial charge in [0.1, 0.15) is 23.6 Å². The van der Waals surface area contributed by atoms with E-state index in [0.29, 0.717) is 30.4 Å². The third-order valence-corrected chi connectivity index (χ3v) is 4.75. The van der Waals surface area contributed by atoms with Crippen LogP contribution < -0.4 is 10.4 Å². The normalized spacial score (nSPS) is 16.5. The lowest BCUT2D eigenvalue weighted by atomic mass is 10.1.